The lowest BCUT2D eigenvalue weighted by atomic mass is 10.0. The van der Waals surface area contributed by atoms with Crippen LogP contribution in [0.2, 0.25) is 0 Å². The first-order valence-electron chi connectivity index (χ1n) is 14.3. The van der Waals surface area contributed by atoms with Gasteiger partial charge in [0, 0.05) is 49.4 Å². The summed E-state index contributed by atoms with van der Waals surface area (Å²) >= 11 is 0. The van der Waals surface area contributed by atoms with Crippen molar-refractivity contribution in [2.45, 2.75) is 39.7 Å². The summed E-state index contributed by atoms with van der Waals surface area (Å²) < 4.78 is 15.2. The lowest BCUT2D eigenvalue weighted by Gasteiger charge is -2.26. The van der Waals surface area contributed by atoms with Gasteiger partial charge in [-0.3, -0.25) is 23.8 Å². The topological polar surface area (TPSA) is 86.8 Å². The van der Waals surface area contributed by atoms with Gasteiger partial charge in [0.05, 0.1) is 42.9 Å². The monoisotopic (exact) mass is 552 g/mol. The SMILES string of the molecule is Cc1nn(Cc2cccc(C(C)C)n2)c2cccc(CC(=O)c3cnc4cc(OCCN5CCOCC5)ccn34)c12. The maximum Gasteiger partial charge on any atom is 0.185 e. The van der Waals surface area contributed by atoms with Crippen molar-refractivity contribution >= 4 is 22.3 Å². The van der Waals surface area contributed by atoms with Crippen LogP contribution in [-0.2, 0) is 17.7 Å². The number of nitrogens with zero attached hydrogens (tertiary/aromatic N) is 6. The number of morpholine rings is 1. The van der Waals surface area contributed by atoms with E-state index < -0.39 is 0 Å². The number of rotatable bonds is 10. The Hall–Kier alpha value is -4.08. The van der Waals surface area contributed by atoms with E-state index in [0.29, 0.717) is 30.4 Å². The Bertz CT molecular complexity index is 1680. The number of carbonyl (C=O) groups is 1. The Morgan fingerprint density at radius 3 is 2.76 bits per heavy atom. The third kappa shape index (κ3) is 5.87. The van der Waals surface area contributed by atoms with Gasteiger partial charge in [0.15, 0.2) is 5.78 Å². The lowest BCUT2D eigenvalue weighted by Crippen LogP contribution is -2.38. The molecule has 0 amide bonds. The number of ether oxygens (including phenoxy) is 2. The highest BCUT2D eigenvalue weighted by Gasteiger charge is 2.18. The zero-order valence-electron chi connectivity index (χ0n) is 23.9. The quantitative estimate of drug-likeness (QED) is 0.232. The summed E-state index contributed by atoms with van der Waals surface area (Å²) in [7, 11) is 0. The van der Waals surface area contributed by atoms with Crippen LogP contribution in [0, 0.1) is 6.92 Å². The second-order valence-corrected chi connectivity index (χ2v) is 10.9. The Morgan fingerprint density at radius 1 is 1.10 bits per heavy atom. The molecule has 41 heavy (non-hydrogen) atoms. The van der Waals surface area contributed by atoms with Gasteiger partial charge in [0.25, 0.3) is 0 Å². The third-order valence-corrected chi connectivity index (χ3v) is 7.67. The first-order chi connectivity index (χ1) is 20.0. The molecule has 1 fully saturated rings. The van der Waals surface area contributed by atoms with Crippen molar-refractivity contribution in [1.29, 1.82) is 0 Å². The fraction of sp³-hybridized carbons (Fsp3) is 0.375. The van der Waals surface area contributed by atoms with Gasteiger partial charge >= 0.3 is 0 Å². The molecule has 0 N–H and O–H groups in total. The number of hydrogen-bond donors (Lipinski definition) is 0. The van der Waals surface area contributed by atoms with Crippen LogP contribution in [0.3, 0.4) is 0 Å². The van der Waals surface area contributed by atoms with Crippen molar-refractivity contribution < 1.29 is 14.3 Å². The summed E-state index contributed by atoms with van der Waals surface area (Å²) in [5.41, 5.74) is 6.14. The fourth-order valence-corrected chi connectivity index (χ4v) is 5.47. The molecule has 6 rings (SSSR count). The summed E-state index contributed by atoms with van der Waals surface area (Å²) in [5, 5.41) is 5.85. The average molecular weight is 553 g/mol. The number of Topliss-reactive ketones (excluding diaryl/α,β-unsaturated/α-hetero) is 1. The number of ketones is 1. The molecule has 1 aromatic carbocycles. The van der Waals surface area contributed by atoms with Gasteiger partial charge in [-0.05, 0) is 42.7 Å². The van der Waals surface area contributed by atoms with E-state index in [1.165, 1.54) is 0 Å². The number of hydrogen-bond acceptors (Lipinski definition) is 7. The van der Waals surface area contributed by atoms with Crippen LogP contribution in [-0.4, -0.2) is 74.3 Å². The average Bonchev–Trinajstić information content (AvgIpc) is 3.55. The molecule has 0 bridgehead atoms. The smallest absolute Gasteiger partial charge is 0.185 e. The first-order valence-corrected chi connectivity index (χ1v) is 14.3. The van der Waals surface area contributed by atoms with Crippen LogP contribution in [0.15, 0.2) is 60.9 Å². The van der Waals surface area contributed by atoms with Crippen LogP contribution >= 0.6 is 0 Å². The van der Waals surface area contributed by atoms with Crippen molar-refractivity contribution in [1.82, 2.24) is 29.0 Å². The molecule has 1 saturated heterocycles. The number of fused-ring (bicyclic) bond motifs is 2. The minimum atomic E-state index is 0.00411. The maximum atomic E-state index is 13.5. The highest BCUT2D eigenvalue weighted by atomic mass is 16.5. The summed E-state index contributed by atoms with van der Waals surface area (Å²) in [6, 6.07) is 16.0. The molecule has 5 aromatic rings. The third-order valence-electron chi connectivity index (χ3n) is 7.67. The Kier molecular flexibility index (Phi) is 7.80. The van der Waals surface area contributed by atoms with E-state index in [9.17, 15) is 4.79 Å². The number of imidazole rings is 1. The second kappa shape index (κ2) is 11.8. The molecule has 0 atom stereocenters. The van der Waals surface area contributed by atoms with Crippen molar-refractivity contribution in [3.05, 3.63) is 89.3 Å². The Morgan fingerprint density at radius 2 is 1.93 bits per heavy atom. The van der Waals surface area contributed by atoms with Gasteiger partial charge in [0.1, 0.15) is 23.7 Å². The first kappa shape index (κ1) is 27.1. The van der Waals surface area contributed by atoms with Gasteiger partial charge in [-0.1, -0.05) is 32.0 Å². The molecule has 1 aliphatic heterocycles. The van der Waals surface area contributed by atoms with E-state index in [4.69, 9.17) is 19.6 Å². The number of aromatic nitrogens is 5. The van der Waals surface area contributed by atoms with Crippen LogP contribution in [0.25, 0.3) is 16.6 Å². The molecule has 4 aromatic heterocycles. The van der Waals surface area contributed by atoms with Crippen molar-refractivity contribution in [3.63, 3.8) is 0 Å². The molecule has 212 valence electrons. The molecular weight excluding hydrogens is 516 g/mol. The zero-order valence-corrected chi connectivity index (χ0v) is 23.9. The lowest BCUT2D eigenvalue weighted by molar-refractivity contribution is 0.0322. The minimum absolute atomic E-state index is 0.00411. The molecular formula is C32H36N6O3. The van der Waals surface area contributed by atoms with Crippen LogP contribution in [0.4, 0.5) is 0 Å². The van der Waals surface area contributed by atoms with E-state index in [1.54, 1.807) is 6.20 Å². The van der Waals surface area contributed by atoms with Crippen LogP contribution in [0.1, 0.15) is 52.9 Å². The maximum absolute atomic E-state index is 13.5. The fourth-order valence-electron chi connectivity index (χ4n) is 5.47. The second-order valence-electron chi connectivity index (χ2n) is 10.9. The molecule has 1 aliphatic rings. The van der Waals surface area contributed by atoms with E-state index in [2.05, 4.69) is 41.9 Å². The molecule has 0 aliphatic carbocycles. The van der Waals surface area contributed by atoms with E-state index in [1.807, 2.05) is 52.5 Å². The molecule has 9 nitrogen and oxygen atoms in total. The molecule has 0 unspecified atom stereocenters. The normalized spacial score (nSPS) is 14.3. The van der Waals surface area contributed by atoms with Gasteiger partial charge in [-0.25, -0.2) is 4.98 Å². The van der Waals surface area contributed by atoms with Gasteiger partial charge in [-0.15, -0.1) is 0 Å². The number of pyridine rings is 2. The Labute approximate surface area is 239 Å². The van der Waals surface area contributed by atoms with Gasteiger partial charge < -0.3 is 9.47 Å². The molecule has 5 heterocycles. The minimum Gasteiger partial charge on any atom is -0.492 e. The van der Waals surface area contributed by atoms with E-state index >= 15 is 0 Å². The summed E-state index contributed by atoms with van der Waals surface area (Å²) in [6.45, 7) is 11.7. The van der Waals surface area contributed by atoms with E-state index in [-0.39, 0.29) is 12.2 Å². The van der Waals surface area contributed by atoms with Crippen molar-refractivity contribution in [2.24, 2.45) is 0 Å². The molecule has 9 heteroatoms. The highest BCUT2D eigenvalue weighted by molar-refractivity contribution is 5.99. The number of carbonyl (C=O) groups excluding carboxylic acids is 1. The van der Waals surface area contributed by atoms with Gasteiger partial charge in [-0.2, -0.15) is 5.10 Å². The molecule has 0 saturated carbocycles. The van der Waals surface area contributed by atoms with Crippen LogP contribution in [0.5, 0.6) is 5.75 Å². The standard InChI is InChI=1S/C32H36N6O3/c1-22(2)27-8-5-7-25(34-27)21-38-28-9-4-6-24(32(28)23(3)35-38)18-30(39)29-20-33-31-19-26(10-11-37(29)31)41-17-14-36-12-15-40-16-13-36/h4-11,19-20,22H,12-18,21H2,1-3H3. The van der Waals surface area contributed by atoms with Crippen LogP contribution < -0.4 is 4.74 Å². The van der Waals surface area contributed by atoms with E-state index in [0.717, 1.165) is 72.1 Å². The predicted octanol–water partition coefficient (Wildman–Crippen LogP) is 4.70. The molecule has 0 radical (unpaired) electrons. The summed E-state index contributed by atoms with van der Waals surface area (Å²) in [4.78, 5) is 25.2. The zero-order chi connectivity index (χ0) is 28.3. The summed E-state index contributed by atoms with van der Waals surface area (Å²) in [6.07, 6.45) is 3.78. The Balaban J connectivity index is 1.18. The largest absolute Gasteiger partial charge is 0.492 e. The highest BCUT2D eigenvalue weighted by Crippen LogP contribution is 2.25. The molecule has 0 spiro atoms. The van der Waals surface area contributed by atoms with Crippen molar-refractivity contribution in [2.75, 3.05) is 39.5 Å². The van der Waals surface area contributed by atoms with Gasteiger partial charge in [0.2, 0.25) is 0 Å². The number of aryl methyl sites for hydroxylation is 1. The number of benzene rings is 1. The predicted molar refractivity (Wildman–Crippen MR) is 158 cm³/mol. The van der Waals surface area contributed by atoms with Crippen molar-refractivity contribution in [3.8, 4) is 5.75 Å². The summed E-state index contributed by atoms with van der Waals surface area (Å²) in [5.74, 6) is 1.11.